The second-order valence-corrected chi connectivity index (χ2v) is 6.78. The Kier molecular flexibility index (Phi) is 4.29. The molecule has 1 fully saturated rings. The van der Waals surface area contributed by atoms with Gasteiger partial charge in [0.15, 0.2) is 0 Å². The molecule has 0 spiro atoms. The lowest BCUT2D eigenvalue weighted by Gasteiger charge is -2.30. The smallest absolute Gasteiger partial charge is 0.266 e. The van der Waals surface area contributed by atoms with E-state index in [1.165, 1.54) is 23.6 Å². The van der Waals surface area contributed by atoms with Crippen LogP contribution in [0.5, 0.6) is 0 Å². The first kappa shape index (κ1) is 14.5. The Morgan fingerprint density at radius 1 is 1.42 bits per heavy atom. The normalized spacial score (nSPS) is 17.8. The third kappa shape index (κ3) is 3.00. The average molecular weight is 307 g/mol. The van der Waals surface area contributed by atoms with Crippen LogP contribution in [0.1, 0.15) is 12.8 Å². The van der Waals surface area contributed by atoms with E-state index in [-0.39, 0.29) is 16.0 Å². The molecule has 1 N–H and O–H groups in total. The second-order valence-electron chi connectivity index (χ2n) is 4.38. The van der Waals surface area contributed by atoms with Gasteiger partial charge in [-0.15, -0.1) is 0 Å². The van der Waals surface area contributed by atoms with E-state index in [4.69, 9.17) is 16.3 Å². The van der Waals surface area contributed by atoms with Crippen molar-refractivity contribution in [3.05, 3.63) is 27.6 Å². The molecule has 1 aliphatic rings. The first-order valence-corrected chi connectivity index (χ1v) is 7.69. The van der Waals surface area contributed by atoms with Crippen molar-refractivity contribution >= 4 is 21.6 Å². The molecule has 1 aromatic rings. The molecule has 0 saturated carbocycles. The first-order valence-electron chi connectivity index (χ1n) is 5.87. The van der Waals surface area contributed by atoms with E-state index in [0.29, 0.717) is 26.1 Å². The van der Waals surface area contributed by atoms with Crippen LogP contribution in [0.25, 0.3) is 0 Å². The molecule has 19 heavy (non-hydrogen) atoms. The second kappa shape index (κ2) is 5.62. The van der Waals surface area contributed by atoms with E-state index in [1.807, 2.05) is 0 Å². The molecule has 6 nitrogen and oxygen atoms in total. The lowest BCUT2D eigenvalue weighted by atomic mass is 10.1. The van der Waals surface area contributed by atoms with E-state index < -0.39 is 15.6 Å². The number of pyridine rings is 1. The van der Waals surface area contributed by atoms with Gasteiger partial charge in [0.2, 0.25) is 10.0 Å². The maximum atomic E-state index is 12.4. The average Bonchev–Trinajstić information content (AvgIpc) is 2.41. The molecule has 2 rings (SSSR count). The molecule has 1 aliphatic heterocycles. The summed E-state index contributed by atoms with van der Waals surface area (Å²) in [6, 6.07) is 1.08. The van der Waals surface area contributed by atoms with Crippen LogP contribution in [0.3, 0.4) is 0 Å². The minimum atomic E-state index is -3.65. The van der Waals surface area contributed by atoms with Gasteiger partial charge < -0.3 is 9.72 Å². The predicted octanol–water partition coefficient (Wildman–Crippen LogP) is 0.828. The molecular formula is C11H15ClN2O4S. The van der Waals surface area contributed by atoms with Crippen molar-refractivity contribution in [3.63, 3.8) is 0 Å². The summed E-state index contributed by atoms with van der Waals surface area (Å²) in [5, 5.41) is -0.138. The number of nitrogens with one attached hydrogen (secondary N) is 1. The van der Waals surface area contributed by atoms with E-state index in [9.17, 15) is 13.2 Å². The highest BCUT2D eigenvalue weighted by Gasteiger charge is 2.29. The van der Waals surface area contributed by atoms with Crippen molar-refractivity contribution in [3.8, 4) is 0 Å². The van der Waals surface area contributed by atoms with Gasteiger partial charge in [0.25, 0.3) is 5.56 Å². The van der Waals surface area contributed by atoms with Crippen molar-refractivity contribution in [2.24, 2.45) is 0 Å². The monoisotopic (exact) mass is 306 g/mol. The number of aromatic nitrogens is 1. The van der Waals surface area contributed by atoms with Crippen molar-refractivity contribution < 1.29 is 13.2 Å². The molecule has 0 radical (unpaired) electrons. The van der Waals surface area contributed by atoms with Gasteiger partial charge in [-0.05, 0) is 18.9 Å². The molecule has 0 amide bonds. The van der Waals surface area contributed by atoms with Gasteiger partial charge in [0.05, 0.1) is 4.90 Å². The van der Waals surface area contributed by atoms with Gasteiger partial charge in [-0.25, -0.2) is 8.42 Å². The van der Waals surface area contributed by atoms with Crippen molar-refractivity contribution in [1.29, 1.82) is 0 Å². The molecule has 1 saturated heterocycles. The van der Waals surface area contributed by atoms with Crippen molar-refractivity contribution in [2.45, 2.75) is 23.8 Å². The Balaban J connectivity index is 2.30. The number of aromatic amines is 1. The summed E-state index contributed by atoms with van der Waals surface area (Å²) in [6.45, 7) is 1.10. The predicted molar refractivity (Wildman–Crippen MR) is 70.9 cm³/mol. The molecule has 0 atom stereocenters. The highest BCUT2D eigenvalue weighted by Crippen LogP contribution is 2.21. The van der Waals surface area contributed by atoms with Gasteiger partial charge in [-0.1, -0.05) is 11.6 Å². The van der Waals surface area contributed by atoms with Crippen LogP contribution in [0.15, 0.2) is 22.0 Å². The third-order valence-corrected chi connectivity index (χ3v) is 5.38. The number of sulfonamides is 1. The number of rotatable bonds is 3. The molecule has 1 aromatic heterocycles. The van der Waals surface area contributed by atoms with E-state index in [2.05, 4.69) is 4.98 Å². The summed E-state index contributed by atoms with van der Waals surface area (Å²) >= 11 is 5.66. The summed E-state index contributed by atoms with van der Waals surface area (Å²) in [6.07, 6.45) is 2.49. The lowest BCUT2D eigenvalue weighted by Crippen LogP contribution is -2.40. The number of hydrogen-bond acceptors (Lipinski definition) is 4. The van der Waals surface area contributed by atoms with Gasteiger partial charge >= 0.3 is 0 Å². The van der Waals surface area contributed by atoms with Crippen LogP contribution < -0.4 is 5.56 Å². The minimum Gasteiger partial charge on any atom is -0.381 e. The largest absolute Gasteiger partial charge is 0.381 e. The highest BCUT2D eigenvalue weighted by atomic mass is 35.5. The molecule has 106 valence electrons. The fraction of sp³-hybridized carbons (Fsp3) is 0.545. The van der Waals surface area contributed by atoms with Gasteiger partial charge in [-0.2, -0.15) is 4.31 Å². The summed E-state index contributed by atoms with van der Waals surface area (Å²) < 4.78 is 31.3. The van der Waals surface area contributed by atoms with Gasteiger partial charge in [0.1, 0.15) is 5.02 Å². The van der Waals surface area contributed by atoms with Gasteiger partial charge in [0, 0.05) is 32.5 Å². The van der Waals surface area contributed by atoms with Crippen LogP contribution in [-0.2, 0) is 14.8 Å². The zero-order valence-electron chi connectivity index (χ0n) is 10.4. The van der Waals surface area contributed by atoms with Gasteiger partial charge in [-0.3, -0.25) is 4.79 Å². The summed E-state index contributed by atoms with van der Waals surface area (Å²) in [5.74, 6) is 0. The molecule has 8 heteroatoms. The van der Waals surface area contributed by atoms with Crippen LogP contribution in [-0.4, -0.2) is 44.0 Å². The summed E-state index contributed by atoms with van der Waals surface area (Å²) in [7, 11) is -2.12. The maximum absolute atomic E-state index is 12.4. The Morgan fingerprint density at radius 2 is 2.05 bits per heavy atom. The molecule has 2 heterocycles. The summed E-state index contributed by atoms with van der Waals surface area (Å²) in [5.41, 5.74) is -0.505. The Labute approximate surface area is 116 Å². The fourth-order valence-electron chi connectivity index (χ4n) is 2.00. The number of H-pyrrole nitrogens is 1. The zero-order chi connectivity index (χ0) is 14.0. The van der Waals surface area contributed by atoms with Crippen LogP contribution >= 0.6 is 11.6 Å². The number of hydrogen-bond donors (Lipinski definition) is 1. The first-order chi connectivity index (χ1) is 8.93. The molecule has 0 unspecified atom stereocenters. The quantitative estimate of drug-likeness (QED) is 0.897. The molecule has 0 bridgehead atoms. The lowest BCUT2D eigenvalue weighted by molar-refractivity contribution is 0.0632. The maximum Gasteiger partial charge on any atom is 0.266 e. The minimum absolute atomic E-state index is 0.00825. The topological polar surface area (TPSA) is 79.5 Å². The third-order valence-electron chi connectivity index (χ3n) is 3.21. The van der Waals surface area contributed by atoms with E-state index >= 15 is 0 Å². The molecule has 0 aliphatic carbocycles. The summed E-state index contributed by atoms with van der Waals surface area (Å²) in [4.78, 5) is 13.5. The fourth-order valence-corrected chi connectivity index (χ4v) is 3.65. The van der Waals surface area contributed by atoms with Crippen LogP contribution in [0, 0.1) is 0 Å². The molecular weight excluding hydrogens is 292 g/mol. The van der Waals surface area contributed by atoms with Crippen LogP contribution in [0.2, 0.25) is 5.02 Å². The number of nitrogens with zero attached hydrogens (tertiary/aromatic N) is 1. The van der Waals surface area contributed by atoms with Crippen molar-refractivity contribution in [2.75, 3.05) is 20.3 Å². The number of ether oxygens (including phenoxy) is 1. The van der Waals surface area contributed by atoms with Crippen LogP contribution in [0.4, 0.5) is 0 Å². The Morgan fingerprint density at radius 3 is 2.63 bits per heavy atom. The van der Waals surface area contributed by atoms with E-state index in [1.54, 1.807) is 0 Å². The van der Waals surface area contributed by atoms with Crippen molar-refractivity contribution in [1.82, 2.24) is 9.29 Å². The zero-order valence-corrected chi connectivity index (χ0v) is 12.0. The Bertz CT molecular complexity index is 607. The molecule has 0 aromatic carbocycles. The Hall–Kier alpha value is -0.890. The van der Waals surface area contributed by atoms with E-state index in [0.717, 1.165) is 0 Å². The highest BCUT2D eigenvalue weighted by molar-refractivity contribution is 7.89. The standard InChI is InChI=1S/C11H15ClN2O4S/c1-14(8-2-4-18-5-3-8)19(16,17)9-6-10(12)11(15)13-7-9/h6-8H,2-5H2,1H3,(H,13,15). The SMILES string of the molecule is CN(C1CCOCC1)S(=O)(=O)c1c[nH]c(=O)c(Cl)c1. The number of halogens is 1.